The Morgan fingerprint density at radius 3 is 2.70 bits per heavy atom. The number of aliphatic carboxylic acids is 1. The molecular weight excluding hydrogens is 264 g/mol. The van der Waals surface area contributed by atoms with Crippen LogP contribution in [0.5, 0.6) is 5.75 Å². The van der Waals surface area contributed by atoms with E-state index in [0.717, 1.165) is 6.42 Å². The lowest BCUT2D eigenvalue weighted by atomic mass is 9.69. The Bertz CT molecular complexity index is 540. The maximum Gasteiger partial charge on any atom is 0.311 e. The fraction of sp³-hybridized carbons (Fsp3) is 0.462. The number of benzene rings is 1. The van der Waals surface area contributed by atoms with Crippen molar-refractivity contribution in [2.24, 2.45) is 5.41 Å². The predicted molar refractivity (Wildman–Crippen MR) is 72.1 cm³/mol. The number of anilines is 1. The number of hydrogen-bond acceptors (Lipinski definition) is 5. The molecule has 0 spiro atoms. The van der Waals surface area contributed by atoms with Gasteiger partial charge >= 0.3 is 11.7 Å². The molecule has 7 heteroatoms. The summed E-state index contributed by atoms with van der Waals surface area (Å²) in [4.78, 5) is 21.5. The number of carboxylic acids is 1. The van der Waals surface area contributed by atoms with E-state index < -0.39 is 16.3 Å². The zero-order chi connectivity index (χ0) is 14.8. The van der Waals surface area contributed by atoms with Crippen molar-refractivity contribution in [1.29, 1.82) is 0 Å². The van der Waals surface area contributed by atoms with Crippen molar-refractivity contribution in [1.82, 2.24) is 0 Å². The van der Waals surface area contributed by atoms with Crippen molar-refractivity contribution in [2.45, 2.75) is 19.3 Å². The van der Waals surface area contributed by atoms with Crippen molar-refractivity contribution in [3.05, 3.63) is 28.3 Å². The van der Waals surface area contributed by atoms with Crippen LogP contribution in [0.2, 0.25) is 0 Å². The van der Waals surface area contributed by atoms with Crippen LogP contribution in [-0.4, -0.2) is 29.7 Å². The summed E-state index contributed by atoms with van der Waals surface area (Å²) in [5, 5.41) is 23.0. The highest BCUT2D eigenvalue weighted by atomic mass is 16.6. The second kappa shape index (κ2) is 5.36. The number of methoxy groups -OCH3 is 1. The maximum atomic E-state index is 11.2. The molecule has 1 saturated carbocycles. The predicted octanol–water partition coefficient (Wildman–Crippen LogP) is 2.27. The summed E-state index contributed by atoms with van der Waals surface area (Å²) in [5.74, 6) is -0.650. The molecule has 2 rings (SSSR count). The highest BCUT2D eigenvalue weighted by Gasteiger charge is 2.44. The molecule has 2 N–H and O–H groups in total. The van der Waals surface area contributed by atoms with Crippen molar-refractivity contribution in [3.8, 4) is 5.75 Å². The van der Waals surface area contributed by atoms with E-state index in [2.05, 4.69) is 5.32 Å². The SMILES string of the molecule is COc1cc(NCC2(C(=O)O)CCC2)ccc1[N+](=O)[O-]. The highest BCUT2D eigenvalue weighted by molar-refractivity contribution is 5.76. The van der Waals surface area contributed by atoms with Gasteiger partial charge in [0.2, 0.25) is 0 Å². The minimum atomic E-state index is -0.801. The van der Waals surface area contributed by atoms with Gasteiger partial charge in [0.05, 0.1) is 17.4 Å². The van der Waals surface area contributed by atoms with E-state index in [0.29, 0.717) is 25.1 Å². The van der Waals surface area contributed by atoms with E-state index >= 15 is 0 Å². The van der Waals surface area contributed by atoms with Crippen LogP contribution in [0.1, 0.15) is 19.3 Å². The van der Waals surface area contributed by atoms with Crippen molar-refractivity contribution in [3.63, 3.8) is 0 Å². The van der Waals surface area contributed by atoms with Crippen LogP contribution >= 0.6 is 0 Å². The molecule has 0 aromatic heterocycles. The summed E-state index contributed by atoms with van der Waals surface area (Å²) < 4.78 is 4.97. The fourth-order valence-electron chi connectivity index (χ4n) is 2.28. The molecule has 1 fully saturated rings. The van der Waals surface area contributed by atoms with Gasteiger partial charge in [0, 0.05) is 24.4 Å². The zero-order valence-electron chi connectivity index (χ0n) is 11.1. The Morgan fingerprint density at radius 2 is 2.25 bits per heavy atom. The average Bonchev–Trinajstić information content (AvgIpc) is 2.36. The van der Waals surface area contributed by atoms with Gasteiger partial charge in [-0.3, -0.25) is 14.9 Å². The number of carboxylic acid groups (broad SMARTS) is 1. The van der Waals surface area contributed by atoms with Crippen molar-refractivity contribution in [2.75, 3.05) is 19.0 Å². The molecule has 0 radical (unpaired) electrons. The zero-order valence-corrected chi connectivity index (χ0v) is 11.1. The maximum absolute atomic E-state index is 11.2. The third kappa shape index (κ3) is 2.52. The molecule has 1 aromatic carbocycles. The molecule has 1 aliphatic carbocycles. The standard InChI is InChI=1S/C13H16N2O5/c1-20-11-7-9(3-4-10(11)15(18)19)14-8-13(12(16)17)5-2-6-13/h3-4,7,14H,2,5-6,8H2,1H3,(H,16,17). The first-order valence-electron chi connectivity index (χ1n) is 6.28. The lowest BCUT2D eigenvalue weighted by Gasteiger charge is -2.37. The van der Waals surface area contributed by atoms with Crippen molar-refractivity contribution < 1.29 is 19.6 Å². The average molecular weight is 280 g/mol. The topological polar surface area (TPSA) is 102 Å². The first-order chi connectivity index (χ1) is 9.48. The third-order valence-electron chi connectivity index (χ3n) is 3.77. The van der Waals surface area contributed by atoms with Crippen LogP contribution in [0, 0.1) is 15.5 Å². The molecule has 0 saturated heterocycles. The first kappa shape index (κ1) is 14.1. The number of rotatable bonds is 6. The molecule has 0 aliphatic heterocycles. The molecule has 20 heavy (non-hydrogen) atoms. The van der Waals surface area contributed by atoms with Gasteiger partial charge in [-0.25, -0.2) is 0 Å². The van der Waals surface area contributed by atoms with Gasteiger partial charge in [-0.15, -0.1) is 0 Å². The summed E-state index contributed by atoms with van der Waals surface area (Å²) in [6, 6.07) is 4.40. The van der Waals surface area contributed by atoms with E-state index in [1.165, 1.54) is 19.2 Å². The summed E-state index contributed by atoms with van der Waals surface area (Å²) in [6.07, 6.45) is 2.22. The summed E-state index contributed by atoms with van der Waals surface area (Å²) in [7, 11) is 1.36. The van der Waals surface area contributed by atoms with E-state index in [4.69, 9.17) is 4.74 Å². The van der Waals surface area contributed by atoms with Gasteiger partial charge in [-0.1, -0.05) is 6.42 Å². The Balaban J connectivity index is 2.10. The highest BCUT2D eigenvalue weighted by Crippen LogP contribution is 2.41. The van der Waals surface area contributed by atoms with Crippen LogP contribution in [0.3, 0.4) is 0 Å². The number of nitro groups is 1. The van der Waals surface area contributed by atoms with Crippen molar-refractivity contribution >= 4 is 17.3 Å². The number of ether oxygens (including phenoxy) is 1. The van der Waals surface area contributed by atoms with Crippen LogP contribution in [-0.2, 0) is 4.79 Å². The third-order valence-corrected chi connectivity index (χ3v) is 3.77. The quantitative estimate of drug-likeness (QED) is 0.612. The molecule has 0 heterocycles. The minimum absolute atomic E-state index is 0.116. The van der Waals surface area contributed by atoms with Gasteiger partial charge in [0.15, 0.2) is 5.75 Å². The summed E-state index contributed by atoms with van der Waals surface area (Å²) in [5.41, 5.74) is -0.218. The Labute approximate surface area is 115 Å². The van der Waals surface area contributed by atoms with E-state index in [1.807, 2.05) is 0 Å². The molecular formula is C13H16N2O5. The lowest BCUT2D eigenvalue weighted by molar-refractivity contribution is -0.385. The normalized spacial score (nSPS) is 16.1. The van der Waals surface area contributed by atoms with E-state index in [-0.39, 0.29) is 11.4 Å². The molecule has 0 atom stereocenters. The van der Waals surface area contributed by atoms with E-state index in [1.54, 1.807) is 6.07 Å². The Morgan fingerprint density at radius 1 is 1.55 bits per heavy atom. The number of nitrogens with one attached hydrogen (secondary N) is 1. The largest absolute Gasteiger partial charge is 0.490 e. The minimum Gasteiger partial charge on any atom is -0.490 e. The fourth-order valence-corrected chi connectivity index (χ4v) is 2.28. The second-order valence-electron chi connectivity index (χ2n) is 4.94. The summed E-state index contributed by atoms with van der Waals surface area (Å²) in [6.45, 7) is 0.309. The number of nitrogens with zero attached hydrogens (tertiary/aromatic N) is 1. The molecule has 0 amide bonds. The Kier molecular flexibility index (Phi) is 3.78. The number of carbonyl (C=O) groups is 1. The number of nitro benzene ring substituents is 1. The lowest BCUT2D eigenvalue weighted by Crippen LogP contribution is -2.43. The smallest absolute Gasteiger partial charge is 0.311 e. The number of hydrogen-bond donors (Lipinski definition) is 2. The molecule has 1 aliphatic rings. The molecule has 1 aromatic rings. The molecule has 0 bridgehead atoms. The van der Waals surface area contributed by atoms with Gasteiger partial charge in [0.1, 0.15) is 0 Å². The van der Waals surface area contributed by atoms with Crippen LogP contribution < -0.4 is 10.1 Å². The first-order valence-corrected chi connectivity index (χ1v) is 6.28. The summed E-state index contributed by atoms with van der Waals surface area (Å²) >= 11 is 0. The monoisotopic (exact) mass is 280 g/mol. The molecule has 7 nitrogen and oxygen atoms in total. The van der Waals surface area contributed by atoms with Crippen LogP contribution in [0.4, 0.5) is 11.4 Å². The molecule has 0 unspecified atom stereocenters. The van der Waals surface area contributed by atoms with E-state index in [9.17, 15) is 20.0 Å². The Hall–Kier alpha value is -2.31. The van der Waals surface area contributed by atoms with Crippen LogP contribution in [0.25, 0.3) is 0 Å². The van der Waals surface area contributed by atoms with Gasteiger partial charge < -0.3 is 15.2 Å². The van der Waals surface area contributed by atoms with Gasteiger partial charge in [0.25, 0.3) is 0 Å². The second-order valence-corrected chi connectivity index (χ2v) is 4.94. The van der Waals surface area contributed by atoms with Gasteiger partial charge in [-0.05, 0) is 18.9 Å². The molecule has 108 valence electrons. The van der Waals surface area contributed by atoms with Crippen LogP contribution in [0.15, 0.2) is 18.2 Å². The van der Waals surface area contributed by atoms with Gasteiger partial charge in [-0.2, -0.15) is 0 Å².